The molecule has 0 bridgehead atoms. The molecule has 1 aromatic carbocycles. The quantitative estimate of drug-likeness (QED) is 0.606. The van der Waals surface area contributed by atoms with Gasteiger partial charge < -0.3 is 4.74 Å². The molecular weight excluding hydrogens is 232 g/mol. The van der Waals surface area contributed by atoms with Gasteiger partial charge in [-0.05, 0) is 57.4 Å². The van der Waals surface area contributed by atoms with E-state index in [9.17, 15) is 4.79 Å². The molecular formula is C14H20O2S. The van der Waals surface area contributed by atoms with E-state index in [1.165, 1.54) is 23.8 Å². The number of ether oxygens (including phenoxy) is 1. The maximum atomic E-state index is 11.7. The zero-order chi connectivity index (χ0) is 13.2. The van der Waals surface area contributed by atoms with Gasteiger partial charge in [0.05, 0.1) is 7.11 Å². The van der Waals surface area contributed by atoms with Crippen molar-refractivity contribution >= 4 is 17.7 Å². The summed E-state index contributed by atoms with van der Waals surface area (Å²) in [6.07, 6.45) is 0. The average molecular weight is 252 g/mol. The minimum Gasteiger partial charge on any atom is -0.468 e. The second-order valence-electron chi connectivity index (χ2n) is 4.81. The van der Waals surface area contributed by atoms with Gasteiger partial charge in [-0.2, -0.15) is 0 Å². The Hall–Kier alpha value is -0.960. The van der Waals surface area contributed by atoms with Crippen LogP contribution in [0.15, 0.2) is 17.0 Å². The van der Waals surface area contributed by atoms with E-state index in [0.29, 0.717) is 0 Å². The molecule has 0 fully saturated rings. The monoisotopic (exact) mass is 252 g/mol. The van der Waals surface area contributed by atoms with Gasteiger partial charge in [0.1, 0.15) is 4.75 Å². The van der Waals surface area contributed by atoms with Crippen molar-refractivity contribution in [3.8, 4) is 0 Å². The molecule has 17 heavy (non-hydrogen) atoms. The maximum Gasteiger partial charge on any atom is 0.321 e. The molecule has 0 aromatic heterocycles. The van der Waals surface area contributed by atoms with E-state index in [1.54, 1.807) is 11.8 Å². The summed E-state index contributed by atoms with van der Waals surface area (Å²) in [5, 5.41) is 0. The fourth-order valence-electron chi connectivity index (χ4n) is 1.61. The molecule has 2 nitrogen and oxygen atoms in total. The second-order valence-corrected chi connectivity index (χ2v) is 6.47. The van der Waals surface area contributed by atoms with Gasteiger partial charge in [-0.3, -0.25) is 4.79 Å². The SMILES string of the molecule is COC(=O)C(C)(C)Sc1cc(C)c(C)cc1C. The first-order valence-electron chi connectivity index (χ1n) is 5.63. The third-order valence-corrected chi connectivity index (χ3v) is 4.17. The highest BCUT2D eigenvalue weighted by molar-refractivity contribution is 8.01. The van der Waals surface area contributed by atoms with Gasteiger partial charge >= 0.3 is 5.97 Å². The van der Waals surface area contributed by atoms with Crippen LogP contribution in [-0.2, 0) is 9.53 Å². The minimum absolute atomic E-state index is 0.194. The summed E-state index contributed by atoms with van der Waals surface area (Å²) < 4.78 is 4.27. The van der Waals surface area contributed by atoms with Crippen LogP contribution >= 0.6 is 11.8 Å². The predicted octanol–water partition coefficient (Wildman–Crippen LogP) is 3.66. The van der Waals surface area contributed by atoms with Crippen LogP contribution in [0.4, 0.5) is 0 Å². The Kier molecular flexibility index (Phi) is 4.26. The number of hydrogen-bond donors (Lipinski definition) is 0. The highest BCUT2D eigenvalue weighted by Gasteiger charge is 2.30. The second kappa shape index (κ2) is 5.13. The fraction of sp³-hybridized carbons (Fsp3) is 0.500. The lowest BCUT2D eigenvalue weighted by atomic mass is 10.1. The van der Waals surface area contributed by atoms with Crippen molar-refractivity contribution in [3.05, 3.63) is 28.8 Å². The molecule has 0 aliphatic rings. The van der Waals surface area contributed by atoms with Gasteiger partial charge in [-0.25, -0.2) is 0 Å². The van der Waals surface area contributed by atoms with E-state index in [0.717, 1.165) is 4.90 Å². The summed E-state index contributed by atoms with van der Waals surface area (Å²) in [6, 6.07) is 4.30. The standard InChI is InChI=1S/C14H20O2S/c1-9-7-11(3)12(8-10(9)2)17-14(4,5)13(15)16-6/h7-8H,1-6H3. The molecule has 0 saturated heterocycles. The van der Waals surface area contributed by atoms with Gasteiger partial charge in [-0.1, -0.05) is 6.07 Å². The van der Waals surface area contributed by atoms with E-state index in [1.807, 2.05) is 13.8 Å². The molecule has 0 saturated carbocycles. The Labute approximate surface area is 108 Å². The number of rotatable bonds is 3. The number of hydrogen-bond acceptors (Lipinski definition) is 3. The zero-order valence-electron chi connectivity index (χ0n) is 11.4. The van der Waals surface area contributed by atoms with Crippen molar-refractivity contribution < 1.29 is 9.53 Å². The van der Waals surface area contributed by atoms with Crippen LogP contribution in [0.5, 0.6) is 0 Å². The molecule has 0 radical (unpaired) electrons. The molecule has 1 rings (SSSR count). The van der Waals surface area contributed by atoms with Gasteiger partial charge in [-0.15, -0.1) is 11.8 Å². The number of carbonyl (C=O) groups is 1. The first-order chi connectivity index (χ1) is 7.77. The number of methoxy groups -OCH3 is 1. The zero-order valence-corrected chi connectivity index (χ0v) is 12.2. The van der Waals surface area contributed by atoms with E-state index >= 15 is 0 Å². The molecule has 0 heterocycles. The third kappa shape index (κ3) is 3.25. The molecule has 0 aliphatic carbocycles. The van der Waals surface area contributed by atoms with Crippen LogP contribution in [0, 0.1) is 20.8 Å². The van der Waals surface area contributed by atoms with Crippen LogP contribution in [-0.4, -0.2) is 17.8 Å². The summed E-state index contributed by atoms with van der Waals surface area (Å²) in [6.45, 7) is 10.0. The molecule has 0 unspecified atom stereocenters. The topological polar surface area (TPSA) is 26.3 Å². The van der Waals surface area contributed by atoms with Crippen LogP contribution in [0.25, 0.3) is 0 Å². The Morgan fingerprint density at radius 2 is 1.65 bits per heavy atom. The van der Waals surface area contributed by atoms with Crippen molar-refractivity contribution in [2.45, 2.75) is 44.3 Å². The fourth-order valence-corrected chi connectivity index (χ4v) is 2.78. The lowest BCUT2D eigenvalue weighted by Crippen LogP contribution is -2.29. The Morgan fingerprint density at radius 3 is 2.18 bits per heavy atom. The Morgan fingerprint density at radius 1 is 1.12 bits per heavy atom. The highest BCUT2D eigenvalue weighted by Crippen LogP contribution is 2.36. The first-order valence-corrected chi connectivity index (χ1v) is 6.45. The van der Waals surface area contributed by atoms with E-state index < -0.39 is 4.75 Å². The van der Waals surface area contributed by atoms with Crippen LogP contribution in [0.2, 0.25) is 0 Å². The number of aryl methyl sites for hydroxylation is 3. The normalized spacial score (nSPS) is 11.4. The van der Waals surface area contributed by atoms with Crippen LogP contribution in [0.1, 0.15) is 30.5 Å². The third-order valence-electron chi connectivity index (χ3n) is 2.83. The molecule has 1 aromatic rings. The average Bonchev–Trinajstić information content (AvgIpc) is 2.24. The van der Waals surface area contributed by atoms with Crippen molar-refractivity contribution in [1.29, 1.82) is 0 Å². The van der Waals surface area contributed by atoms with Crippen molar-refractivity contribution in [3.63, 3.8) is 0 Å². The molecule has 3 heteroatoms. The first kappa shape index (κ1) is 14.1. The lowest BCUT2D eigenvalue weighted by molar-refractivity contribution is -0.142. The predicted molar refractivity (Wildman–Crippen MR) is 72.6 cm³/mol. The lowest BCUT2D eigenvalue weighted by Gasteiger charge is -2.22. The highest BCUT2D eigenvalue weighted by atomic mass is 32.2. The van der Waals surface area contributed by atoms with Crippen molar-refractivity contribution in [1.82, 2.24) is 0 Å². The smallest absolute Gasteiger partial charge is 0.321 e. The van der Waals surface area contributed by atoms with Gasteiger partial charge in [0.2, 0.25) is 0 Å². The summed E-state index contributed by atoms with van der Waals surface area (Å²) in [5.74, 6) is -0.194. The van der Waals surface area contributed by atoms with Crippen molar-refractivity contribution in [2.75, 3.05) is 7.11 Å². The van der Waals surface area contributed by atoms with Gasteiger partial charge in [0.15, 0.2) is 0 Å². The van der Waals surface area contributed by atoms with Gasteiger partial charge in [0.25, 0.3) is 0 Å². The van der Waals surface area contributed by atoms with Crippen molar-refractivity contribution in [2.24, 2.45) is 0 Å². The number of esters is 1. The number of thioether (sulfide) groups is 1. The van der Waals surface area contributed by atoms with Gasteiger partial charge in [0, 0.05) is 4.90 Å². The Balaban J connectivity index is 3.03. The number of benzene rings is 1. The Bertz CT molecular complexity index is 436. The van der Waals surface area contributed by atoms with E-state index in [4.69, 9.17) is 4.74 Å². The maximum absolute atomic E-state index is 11.7. The largest absolute Gasteiger partial charge is 0.468 e. The summed E-state index contributed by atoms with van der Waals surface area (Å²) in [7, 11) is 1.43. The summed E-state index contributed by atoms with van der Waals surface area (Å²) >= 11 is 1.55. The molecule has 0 aliphatic heterocycles. The van der Waals surface area contributed by atoms with Crippen LogP contribution in [0.3, 0.4) is 0 Å². The van der Waals surface area contributed by atoms with E-state index in [2.05, 4.69) is 32.9 Å². The molecule has 0 atom stereocenters. The molecule has 0 spiro atoms. The molecule has 0 amide bonds. The summed E-state index contributed by atoms with van der Waals surface area (Å²) in [4.78, 5) is 12.8. The molecule has 0 N–H and O–H groups in total. The van der Waals surface area contributed by atoms with E-state index in [-0.39, 0.29) is 5.97 Å². The minimum atomic E-state index is -0.554. The van der Waals surface area contributed by atoms with Crippen LogP contribution < -0.4 is 0 Å². The molecule has 94 valence electrons. The number of carbonyl (C=O) groups excluding carboxylic acids is 1. The summed E-state index contributed by atoms with van der Waals surface area (Å²) in [5.41, 5.74) is 3.73.